The van der Waals surface area contributed by atoms with Crippen LogP contribution in [0.15, 0.2) is 54.6 Å². The number of para-hydroxylation sites is 1. The minimum absolute atomic E-state index is 0.0717. The third-order valence-corrected chi connectivity index (χ3v) is 9.54. The van der Waals surface area contributed by atoms with E-state index in [-0.39, 0.29) is 10.9 Å². The van der Waals surface area contributed by atoms with Crippen LogP contribution < -0.4 is 4.43 Å². The zero-order valence-electron chi connectivity index (χ0n) is 16.6. The van der Waals surface area contributed by atoms with Crippen molar-refractivity contribution < 1.29 is 8.82 Å². The molecule has 2 nitrogen and oxygen atoms in total. The van der Waals surface area contributed by atoms with Crippen molar-refractivity contribution in [2.75, 3.05) is 0 Å². The molecule has 0 unspecified atom stereocenters. The van der Waals surface area contributed by atoms with Crippen LogP contribution in [0.1, 0.15) is 32.0 Å². The highest BCUT2D eigenvalue weighted by molar-refractivity contribution is 6.74. The lowest BCUT2D eigenvalue weighted by atomic mass is 10.1. The number of aromatic nitrogens is 1. The normalized spacial score (nSPS) is 12.7. The Labute approximate surface area is 161 Å². The average Bonchev–Trinajstić information content (AvgIpc) is 2.60. The quantitative estimate of drug-likeness (QED) is 0.459. The number of pyridine rings is 1. The topological polar surface area (TPSA) is 22.1 Å². The second kappa shape index (κ2) is 7.28. The van der Waals surface area contributed by atoms with E-state index in [1.807, 2.05) is 48.6 Å². The van der Waals surface area contributed by atoms with E-state index in [4.69, 9.17) is 4.43 Å². The van der Waals surface area contributed by atoms with Crippen LogP contribution in [0.5, 0.6) is 5.75 Å². The molecule has 0 atom stereocenters. The van der Waals surface area contributed by atoms with Gasteiger partial charge in [-0.25, -0.2) is 9.37 Å². The number of halogens is 1. The third kappa shape index (κ3) is 4.45. The number of hydrogen-bond acceptors (Lipinski definition) is 2. The van der Waals surface area contributed by atoms with Gasteiger partial charge >= 0.3 is 0 Å². The summed E-state index contributed by atoms with van der Waals surface area (Å²) in [5.74, 6) is 0.448. The fraction of sp³-hybridized carbons (Fsp3) is 0.261. The highest BCUT2D eigenvalue weighted by Gasteiger charge is 2.39. The van der Waals surface area contributed by atoms with Crippen LogP contribution >= 0.6 is 0 Å². The van der Waals surface area contributed by atoms with Gasteiger partial charge < -0.3 is 4.43 Å². The number of nitrogens with zero attached hydrogens (tertiary/aromatic N) is 1. The summed E-state index contributed by atoms with van der Waals surface area (Å²) in [6, 6.07) is 16.7. The molecule has 0 amide bonds. The van der Waals surface area contributed by atoms with Gasteiger partial charge in [-0.3, -0.25) is 0 Å². The number of rotatable bonds is 4. The van der Waals surface area contributed by atoms with Gasteiger partial charge in [0, 0.05) is 10.9 Å². The first-order valence-electron chi connectivity index (χ1n) is 9.18. The van der Waals surface area contributed by atoms with Crippen molar-refractivity contribution in [2.24, 2.45) is 0 Å². The van der Waals surface area contributed by atoms with Crippen LogP contribution in [-0.4, -0.2) is 13.3 Å². The largest absolute Gasteiger partial charge is 0.543 e. The minimum atomic E-state index is -2.01. The summed E-state index contributed by atoms with van der Waals surface area (Å²) < 4.78 is 20.3. The Morgan fingerprint density at radius 2 is 1.70 bits per heavy atom. The summed E-state index contributed by atoms with van der Waals surface area (Å²) in [5.41, 5.74) is 2.50. The van der Waals surface area contributed by atoms with Crippen molar-refractivity contribution in [2.45, 2.75) is 38.9 Å². The van der Waals surface area contributed by atoms with Crippen molar-refractivity contribution >= 4 is 31.4 Å². The first-order chi connectivity index (χ1) is 12.7. The van der Waals surface area contributed by atoms with Gasteiger partial charge in [-0.2, -0.15) is 0 Å². The summed E-state index contributed by atoms with van der Waals surface area (Å²) >= 11 is 0. The highest BCUT2D eigenvalue weighted by Crippen LogP contribution is 2.38. The molecule has 0 aliphatic heterocycles. The second-order valence-electron chi connectivity index (χ2n) is 8.31. The maximum absolute atomic E-state index is 13.9. The Morgan fingerprint density at radius 1 is 0.963 bits per heavy atom. The van der Waals surface area contributed by atoms with Gasteiger partial charge in [0.2, 0.25) is 0 Å². The van der Waals surface area contributed by atoms with Crippen LogP contribution in [0.2, 0.25) is 18.1 Å². The van der Waals surface area contributed by atoms with Gasteiger partial charge in [-0.1, -0.05) is 45.0 Å². The standard InChI is InChI=1S/C23H26FNOSi/c1-23(2,3)27(4,5)26-22-15-12-19(24)16-18(22)11-14-20-13-10-17-8-6-7-9-21(17)25-20/h6-16H,1-5H3/b14-11+. The van der Waals surface area contributed by atoms with Gasteiger partial charge in [0.25, 0.3) is 8.32 Å². The SMILES string of the molecule is CC(C)(C)[Si](C)(C)Oc1ccc(F)cc1/C=C/c1ccc2ccccc2n1. The summed E-state index contributed by atoms with van der Waals surface area (Å²) in [6.45, 7) is 11.0. The van der Waals surface area contributed by atoms with Gasteiger partial charge in [0.15, 0.2) is 0 Å². The second-order valence-corrected chi connectivity index (χ2v) is 13.0. The molecule has 0 saturated carbocycles. The molecule has 0 bridgehead atoms. The van der Waals surface area contributed by atoms with Crippen molar-refractivity contribution in [1.82, 2.24) is 4.98 Å². The van der Waals surface area contributed by atoms with E-state index in [1.54, 1.807) is 6.07 Å². The van der Waals surface area contributed by atoms with E-state index in [0.29, 0.717) is 0 Å². The molecule has 0 aliphatic rings. The molecule has 0 saturated heterocycles. The molecule has 3 rings (SSSR count). The van der Waals surface area contributed by atoms with E-state index < -0.39 is 8.32 Å². The third-order valence-electron chi connectivity index (χ3n) is 5.20. The predicted octanol–water partition coefficient (Wildman–Crippen LogP) is 6.93. The smallest absolute Gasteiger partial charge is 0.250 e. The fourth-order valence-electron chi connectivity index (χ4n) is 2.52. The lowest BCUT2D eigenvalue weighted by Gasteiger charge is -2.36. The van der Waals surface area contributed by atoms with Crippen LogP contribution in [0.25, 0.3) is 23.1 Å². The van der Waals surface area contributed by atoms with Crippen LogP contribution in [-0.2, 0) is 0 Å². The Morgan fingerprint density at radius 3 is 2.44 bits per heavy atom. The average molecular weight is 380 g/mol. The molecular formula is C23H26FNOSi. The molecule has 1 aromatic heterocycles. The van der Waals surface area contributed by atoms with Crippen molar-refractivity contribution in [3.05, 3.63) is 71.7 Å². The molecule has 0 radical (unpaired) electrons. The molecule has 4 heteroatoms. The molecule has 3 aromatic rings. The molecule has 1 heterocycles. The van der Waals surface area contributed by atoms with Crippen molar-refractivity contribution in [1.29, 1.82) is 0 Å². The fourth-order valence-corrected chi connectivity index (χ4v) is 3.56. The number of hydrogen-bond donors (Lipinski definition) is 0. The zero-order valence-corrected chi connectivity index (χ0v) is 17.6. The van der Waals surface area contributed by atoms with Gasteiger partial charge in [-0.05, 0) is 60.6 Å². The van der Waals surface area contributed by atoms with E-state index in [1.165, 1.54) is 12.1 Å². The Balaban J connectivity index is 1.93. The molecule has 0 fully saturated rings. The van der Waals surface area contributed by atoms with Crippen molar-refractivity contribution in [3.63, 3.8) is 0 Å². The van der Waals surface area contributed by atoms with Gasteiger partial charge in [0.1, 0.15) is 11.6 Å². The zero-order chi connectivity index (χ0) is 19.7. The first kappa shape index (κ1) is 19.3. The Kier molecular flexibility index (Phi) is 5.20. The number of benzene rings is 2. The van der Waals surface area contributed by atoms with Gasteiger partial charge in [-0.15, -0.1) is 0 Å². The molecule has 0 aliphatic carbocycles. The summed E-state index contributed by atoms with van der Waals surface area (Å²) in [5, 5.41) is 1.17. The van der Waals surface area contributed by atoms with Crippen LogP contribution in [0.3, 0.4) is 0 Å². The minimum Gasteiger partial charge on any atom is -0.543 e. The highest BCUT2D eigenvalue weighted by atomic mass is 28.4. The molecule has 0 N–H and O–H groups in total. The lowest BCUT2D eigenvalue weighted by molar-refractivity contribution is 0.489. The van der Waals surface area contributed by atoms with Crippen LogP contribution in [0.4, 0.5) is 4.39 Å². The lowest BCUT2D eigenvalue weighted by Crippen LogP contribution is -2.44. The Hall–Kier alpha value is -2.46. The first-order valence-corrected chi connectivity index (χ1v) is 12.1. The molecule has 27 heavy (non-hydrogen) atoms. The number of fused-ring (bicyclic) bond motifs is 1. The molecule has 140 valence electrons. The van der Waals surface area contributed by atoms with Crippen molar-refractivity contribution in [3.8, 4) is 5.75 Å². The summed E-state index contributed by atoms with van der Waals surface area (Å²) in [4.78, 5) is 4.64. The maximum Gasteiger partial charge on any atom is 0.250 e. The predicted molar refractivity (Wildman–Crippen MR) is 115 cm³/mol. The summed E-state index contributed by atoms with van der Waals surface area (Å²) in [7, 11) is -2.01. The van der Waals surface area contributed by atoms with E-state index >= 15 is 0 Å². The monoisotopic (exact) mass is 379 g/mol. The molecule has 2 aromatic carbocycles. The van der Waals surface area contributed by atoms with E-state index in [0.717, 1.165) is 27.9 Å². The van der Waals surface area contributed by atoms with E-state index in [9.17, 15) is 4.39 Å². The van der Waals surface area contributed by atoms with Gasteiger partial charge in [0.05, 0.1) is 11.2 Å². The van der Waals surface area contributed by atoms with E-state index in [2.05, 4.69) is 38.8 Å². The molecule has 0 spiro atoms. The maximum atomic E-state index is 13.9. The summed E-state index contributed by atoms with van der Waals surface area (Å²) in [6.07, 6.45) is 3.78. The Bertz CT molecular complexity index is 989. The molecular weight excluding hydrogens is 353 g/mol. The van der Waals surface area contributed by atoms with Crippen LogP contribution in [0, 0.1) is 5.82 Å².